The maximum absolute atomic E-state index is 5.52. The van der Waals surface area contributed by atoms with Crippen LogP contribution in [0.25, 0.3) is 0 Å². The first kappa shape index (κ1) is 17.7. The van der Waals surface area contributed by atoms with Gasteiger partial charge in [-0.15, -0.1) is 10.2 Å². The Hall–Kier alpha value is -1.73. The molecule has 0 aliphatic carbocycles. The van der Waals surface area contributed by atoms with Crippen LogP contribution in [0.3, 0.4) is 0 Å². The predicted octanol–water partition coefficient (Wildman–Crippen LogP) is 2.24. The zero-order valence-electron chi connectivity index (χ0n) is 16.0. The largest absolute Gasteiger partial charge is 0.424 e. The van der Waals surface area contributed by atoms with Crippen molar-refractivity contribution in [2.24, 2.45) is 18.9 Å². The third-order valence-corrected chi connectivity index (χ3v) is 6.16. The van der Waals surface area contributed by atoms with Crippen LogP contribution in [0.4, 0.5) is 0 Å². The molecule has 4 rings (SSSR count). The van der Waals surface area contributed by atoms with E-state index in [2.05, 4.69) is 36.6 Å². The van der Waals surface area contributed by atoms with Gasteiger partial charge >= 0.3 is 0 Å². The number of imidazole rings is 1. The molecule has 4 heterocycles. The van der Waals surface area contributed by atoms with Crippen molar-refractivity contribution in [3.63, 3.8) is 0 Å². The van der Waals surface area contributed by atoms with Crippen molar-refractivity contribution >= 4 is 0 Å². The van der Waals surface area contributed by atoms with Crippen molar-refractivity contribution in [1.29, 1.82) is 0 Å². The molecule has 0 atom stereocenters. The van der Waals surface area contributed by atoms with Crippen molar-refractivity contribution in [1.82, 2.24) is 29.5 Å². The molecule has 0 radical (unpaired) electrons. The normalized spacial score (nSPS) is 21.5. The van der Waals surface area contributed by atoms with Crippen LogP contribution in [0.15, 0.2) is 16.9 Å². The average Bonchev–Trinajstić information content (AvgIpc) is 3.25. The topological polar surface area (TPSA) is 63.2 Å². The molecule has 2 aliphatic heterocycles. The summed E-state index contributed by atoms with van der Waals surface area (Å²) < 4.78 is 7.65. The highest BCUT2D eigenvalue weighted by Gasteiger charge is 2.30. The molecule has 0 unspecified atom stereocenters. The smallest absolute Gasteiger partial charge is 0.230 e. The van der Waals surface area contributed by atoms with Gasteiger partial charge in [-0.3, -0.25) is 9.80 Å². The summed E-state index contributed by atoms with van der Waals surface area (Å²) in [5.41, 5.74) is 1.31. The average molecular weight is 358 g/mol. The Balaban J connectivity index is 1.20. The highest BCUT2D eigenvalue weighted by Crippen LogP contribution is 2.33. The third kappa shape index (κ3) is 4.15. The van der Waals surface area contributed by atoms with E-state index in [9.17, 15) is 0 Å². The zero-order valence-corrected chi connectivity index (χ0v) is 16.0. The number of hydrogen-bond acceptors (Lipinski definition) is 6. The molecule has 7 heteroatoms. The Morgan fingerprint density at radius 2 is 1.58 bits per heavy atom. The fourth-order valence-electron chi connectivity index (χ4n) is 4.52. The summed E-state index contributed by atoms with van der Waals surface area (Å²) in [5, 5.41) is 8.05. The summed E-state index contributed by atoms with van der Waals surface area (Å²) >= 11 is 0. The molecule has 26 heavy (non-hydrogen) atoms. The van der Waals surface area contributed by atoms with Crippen LogP contribution in [-0.4, -0.2) is 55.7 Å². The van der Waals surface area contributed by atoms with Crippen LogP contribution in [-0.2, 0) is 20.1 Å². The Labute approximate surface area is 155 Å². The molecular formula is C19H30N6O. The zero-order chi connectivity index (χ0) is 17.9. The van der Waals surface area contributed by atoms with Gasteiger partial charge in [-0.05, 0) is 63.7 Å². The monoisotopic (exact) mass is 358 g/mol. The van der Waals surface area contributed by atoms with Gasteiger partial charge in [0.05, 0.1) is 18.6 Å². The predicted molar refractivity (Wildman–Crippen MR) is 98.2 cm³/mol. The van der Waals surface area contributed by atoms with E-state index < -0.39 is 0 Å². The molecule has 142 valence electrons. The number of rotatable bonds is 5. The van der Waals surface area contributed by atoms with E-state index in [1.54, 1.807) is 0 Å². The number of hydrogen-bond donors (Lipinski definition) is 0. The van der Waals surface area contributed by atoms with Gasteiger partial charge in [0.1, 0.15) is 0 Å². The van der Waals surface area contributed by atoms with Gasteiger partial charge in [0.2, 0.25) is 11.8 Å². The van der Waals surface area contributed by atoms with Gasteiger partial charge in [0.25, 0.3) is 0 Å². The van der Waals surface area contributed by atoms with Crippen LogP contribution in [0.2, 0.25) is 0 Å². The second-order valence-corrected chi connectivity index (χ2v) is 7.94. The summed E-state index contributed by atoms with van der Waals surface area (Å²) in [6.07, 6.45) is 9.17. The molecule has 0 aromatic carbocycles. The number of likely N-dealkylation sites (tertiary alicyclic amines) is 2. The van der Waals surface area contributed by atoms with Gasteiger partial charge in [-0.1, -0.05) is 0 Å². The van der Waals surface area contributed by atoms with Crippen LogP contribution in [0, 0.1) is 18.8 Å². The molecule has 0 saturated carbocycles. The van der Waals surface area contributed by atoms with Crippen LogP contribution in [0.5, 0.6) is 0 Å². The Morgan fingerprint density at radius 1 is 0.962 bits per heavy atom. The fourth-order valence-corrected chi connectivity index (χ4v) is 4.52. The van der Waals surface area contributed by atoms with Gasteiger partial charge < -0.3 is 8.98 Å². The van der Waals surface area contributed by atoms with Crippen molar-refractivity contribution in [3.05, 3.63) is 30.0 Å². The quantitative estimate of drug-likeness (QED) is 0.817. The van der Waals surface area contributed by atoms with Crippen LogP contribution >= 0.6 is 0 Å². The molecule has 0 bridgehead atoms. The first-order valence-corrected chi connectivity index (χ1v) is 9.86. The Morgan fingerprint density at radius 3 is 2.08 bits per heavy atom. The standard InChI is InChI=1S/C19H30N6O/c1-15-21-22-19(26-15)13-25-9-5-17(6-10-25)16-3-7-24(8-4-16)12-18-11-20-14-23(18)2/h11,14,16-17H,3-10,12-13H2,1-2H3. The third-order valence-electron chi connectivity index (χ3n) is 6.16. The van der Waals surface area contributed by atoms with E-state index in [0.29, 0.717) is 5.89 Å². The van der Waals surface area contributed by atoms with Crippen molar-refractivity contribution in [3.8, 4) is 0 Å². The highest BCUT2D eigenvalue weighted by molar-refractivity contribution is 4.98. The molecule has 2 fully saturated rings. The number of aryl methyl sites for hydroxylation is 2. The summed E-state index contributed by atoms with van der Waals surface area (Å²) in [4.78, 5) is 9.27. The Kier molecular flexibility index (Phi) is 5.36. The minimum absolute atomic E-state index is 0.660. The minimum Gasteiger partial charge on any atom is -0.424 e. The number of nitrogens with zero attached hydrogens (tertiary/aromatic N) is 6. The van der Waals surface area contributed by atoms with Crippen molar-refractivity contribution in [2.75, 3.05) is 26.2 Å². The SMILES string of the molecule is Cc1nnc(CN2CCC(C3CCN(Cc4cncn4C)CC3)CC2)o1. The lowest BCUT2D eigenvalue weighted by Crippen LogP contribution is -2.40. The molecule has 7 nitrogen and oxygen atoms in total. The lowest BCUT2D eigenvalue weighted by atomic mass is 9.79. The summed E-state index contributed by atoms with van der Waals surface area (Å²) in [5.74, 6) is 3.19. The first-order chi connectivity index (χ1) is 12.7. The molecule has 2 saturated heterocycles. The molecule has 0 spiro atoms. The Bertz CT molecular complexity index is 694. The number of aromatic nitrogens is 4. The van der Waals surface area contributed by atoms with Crippen LogP contribution < -0.4 is 0 Å². The van der Waals surface area contributed by atoms with E-state index in [4.69, 9.17) is 4.42 Å². The van der Waals surface area contributed by atoms with E-state index in [-0.39, 0.29) is 0 Å². The summed E-state index contributed by atoms with van der Waals surface area (Å²) in [7, 11) is 2.08. The summed E-state index contributed by atoms with van der Waals surface area (Å²) in [6.45, 7) is 8.43. The van der Waals surface area contributed by atoms with Gasteiger partial charge in [-0.2, -0.15) is 0 Å². The second kappa shape index (κ2) is 7.88. The first-order valence-electron chi connectivity index (χ1n) is 9.86. The van der Waals surface area contributed by atoms with E-state index in [1.165, 1.54) is 44.5 Å². The maximum Gasteiger partial charge on any atom is 0.230 e. The van der Waals surface area contributed by atoms with Crippen molar-refractivity contribution in [2.45, 2.75) is 45.7 Å². The maximum atomic E-state index is 5.52. The van der Waals surface area contributed by atoms with Crippen LogP contribution in [0.1, 0.15) is 43.2 Å². The molecule has 2 aromatic heterocycles. The molecule has 0 amide bonds. The van der Waals surface area contributed by atoms with Gasteiger partial charge in [0, 0.05) is 26.7 Å². The van der Waals surface area contributed by atoms with Gasteiger partial charge in [-0.25, -0.2) is 4.98 Å². The highest BCUT2D eigenvalue weighted by atomic mass is 16.4. The molecule has 0 N–H and O–H groups in total. The van der Waals surface area contributed by atoms with Gasteiger partial charge in [0.15, 0.2) is 0 Å². The lowest BCUT2D eigenvalue weighted by Gasteiger charge is -2.40. The minimum atomic E-state index is 0.660. The molecule has 2 aromatic rings. The molecular weight excluding hydrogens is 328 g/mol. The lowest BCUT2D eigenvalue weighted by molar-refractivity contribution is 0.0866. The number of piperidine rings is 2. The summed E-state index contributed by atoms with van der Waals surface area (Å²) in [6, 6.07) is 0. The molecule has 2 aliphatic rings. The second-order valence-electron chi connectivity index (χ2n) is 7.94. The van der Waals surface area contributed by atoms with E-state index >= 15 is 0 Å². The van der Waals surface area contributed by atoms with E-state index in [0.717, 1.165) is 43.9 Å². The van der Waals surface area contributed by atoms with E-state index in [1.807, 2.05) is 19.4 Å². The fraction of sp³-hybridized carbons (Fsp3) is 0.737. The van der Waals surface area contributed by atoms with Crippen molar-refractivity contribution < 1.29 is 4.42 Å².